The van der Waals surface area contributed by atoms with Crippen molar-refractivity contribution in [3.8, 4) is 17.2 Å². The number of hydrogen-bond donors (Lipinski definition) is 0. The summed E-state index contributed by atoms with van der Waals surface area (Å²) >= 11 is 0. The first kappa shape index (κ1) is 23.1. The van der Waals surface area contributed by atoms with Crippen LogP contribution < -0.4 is 14.2 Å². The zero-order valence-corrected chi connectivity index (χ0v) is 19.3. The molecule has 1 aliphatic rings. The van der Waals surface area contributed by atoms with Crippen molar-refractivity contribution in [3.05, 3.63) is 71.8 Å². The normalized spacial score (nSPS) is 14.5. The van der Waals surface area contributed by atoms with Crippen LogP contribution >= 0.6 is 0 Å². The minimum absolute atomic E-state index is 0.254. The molecule has 0 aliphatic carbocycles. The van der Waals surface area contributed by atoms with Gasteiger partial charge in [0.15, 0.2) is 11.5 Å². The van der Waals surface area contributed by atoms with E-state index in [1.165, 1.54) is 12.1 Å². The molecule has 176 valence electrons. The van der Waals surface area contributed by atoms with Crippen LogP contribution in [0.4, 0.5) is 4.39 Å². The number of ether oxygens (including phenoxy) is 4. The Bertz CT molecular complexity index is 1060. The molecule has 0 saturated heterocycles. The number of halogens is 1. The first-order valence-corrected chi connectivity index (χ1v) is 11.1. The first-order chi connectivity index (χ1) is 16.0. The molecule has 2 aromatic carbocycles. The fourth-order valence-corrected chi connectivity index (χ4v) is 3.92. The van der Waals surface area contributed by atoms with Gasteiger partial charge in [0.2, 0.25) is 6.79 Å². The molecular formula is C25H30FN3O4. The third-order valence-corrected chi connectivity index (χ3v) is 5.87. The Hall–Kier alpha value is -3.10. The standard InChI is InChI=1S/C25H30FN3O4/c1-25(24-11-12-27-29(24)3,19-5-7-20(26)8-6-19)33-15-4-13-28(2)14-16-30-21-9-10-22-23(17-21)32-18-31-22/h5-12,17H,4,13-16,18H2,1-3H3. The number of fused-ring (bicyclic) bond motifs is 1. The number of aryl methyl sites for hydroxylation is 1. The molecule has 0 bridgehead atoms. The molecule has 0 amide bonds. The Labute approximate surface area is 193 Å². The van der Waals surface area contributed by atoms with E-state index in [9.17, 15) is 4.39 Å². The lowest BCUT2D eigenvalue weighted by Crippen LogP contribution is -2.32. The monoisotopic (exact) mass is 455 g/mol. The van der Waals surface area contributed by atoms with E-state index in [4.69, 9.17) is 18.9 Å². The van der Waals surface area contributed by atoms with Crippen molar-refractivity contribution in [1.29, 1.82) is 0 Å². The second kappa shape index (κ2) is 10.2. The maximum absolute atomic E-state index is 13.5. The summed E-state index contributed by atoms with van der Waals surface area (Å²) in [5, 5.41) is 4.29. The highest BCUT2D eigenvalue weighted by Crippen LogP contribution is 2.35. The molecule has 1 atom stereocenters. The number of aromatic nitrogens is 2. The molecule has 0 fully saturated rings. The molecule has 2 heterocycles. The Morgan fingerprint density at radius 3 is 2.61 bits per heavy atom. The zero-order chi connectivity index (χ0) is 23.3. The molecule has 33 heavy (non-hydrogen) atoms. The Balaban J connectivity index is 1.25. The minimum Gasteiger partial charge on any atom is -0.492 e. The number of hydrogen-bond acceptors (Lipinski definition) is 6. The molecule has 3 aromatic rings. The highest BCUT2D eigenvalue weighted by atomic mass is 19.1. The predicted molar refractivity (Wildman–Crippen MR) is 122 cm³/mol. The van der Waals surface area contributed by atoms with Gasteiger partial charge in [-0.25, -0.2) is 4.39 Å². The van der Waals surface area contributed by atoms with E-state index in [-0.39, 0.29) is 12.6 Å². The lowest BCUT2D eigenvalue weighted by atomic mass is 9.92. The fourth-order valence-electron chi connectivity index (χ4n) is 3.92. The van der Waals surface area contributed by atoms with E-state index in [1.54, 1.807) is 23.0 Å². The molecule has 0 N–H and O–H groups in total. The Kier molecular flexibility index (Phi) is 7.15. The molecule has 0 spiro atoms. The molecule has 4 rings (SSSR count). The smallest absolute Gasteiger partial charge is 0.231 e. The van der Waals surface area contributed by atoms with Crippen molar-refractivity contribution in [2.45, 2.75) is 18.9 Å². The Morgan fingerprint density at radius 2 is 1.85 bits per heavy atom. The van der Waals surface area contributed by atoms with Gasteiger partial charge in [0.05, 0.1) is 5.69 Å². The Morgan fingerprint density at radius 1 is 1.06 bits per heavy atom. The fraction of sp³-hybridized carbons (Fsp3) is 0.400. The van der Waals surface area contributed by atoms with Gasteiger partial charge in [0.25, 0.3) is 0 Å². The average Bonchev–Trinajstić information content (AvgIpc) is 3.45. The summed E-state index contributed by atoms with van der Waals surface area (Å²) in [6.07, 6.45) is 2.59. The molecule has 8 heteroatoms. The SMILES string of the molecule is CN(CCCOC(C)(c1ccc(F)cc1)c1ccnn1C)CCOc1ccc2c(c1)OCO2. The van der Waals surface area contributed by atoms with Gasteiger partial charge in [-0.05, 0) is 56.3 Å². The van der Waals surface area contributed by atoms with Gasteiger partial charge in [-0.2, -0.15) is 5.10 Å². The predicted octanol–water partition coefficient (Wildman–Crippen LogP) is 3.97. The summed E-state index contributed by atoms with van der Waals surface area (Å²) < 4.78 is 38.2. The summed E-state index contributed by atoms with van der Waals surface area (Å²) in [7, 11) is 3.94. The number of nitrogens with zero attached hydrogens (tertiary/aromatic N) is 3. The maximum atomic E-state index is 13.5. The average molecular weight is 456 g/mol. The number of rotatable bonds is 11. The third-order valence-electron chi connectivity index (χ3n) is 5.87. The second-order valence-electron chi connectivity index (χ2n) is 8.25. The van der Waals surface area contributed by atoms with Crippen LogP contribution in [-0.4, -0.2) is 54.8 Å². The van der Waals surface area contributed by atoms with Crippen molar-refractivity contribution in [3.63, 3.8) is 0 Å². The zero-order valence-electron chi connectivity index (χ0n) is 19.3. The van der Waals surface area contributed by atoms with Crippen LogP contribution in [0.2, 0.25) is 0 Å². The van der Waals surface area contributed by atoms with Crippen molar-refractivity contribution in [2.75, 3.05) is 40.1 Å². The summed E-state index contributed by atoms with van der Waals surface area (Å²) in [6, 6.07) is 14.0. The van der Waals surface area contributed by atoms with Crippen molar-refractivity contribution < 1.29 is 23.3 Å². The summed E-state index contributed by atoms with van der Waals surface area (Å²) in [5.41, 5.74) is 1.08. The molecule has 0 radical (unpaired) electrons. The van der Waals surface area contributed by atoms with Crippen LogP contribution in [0, 0.1) is 5.82 Å². The highest BCUT2D eigenvalue weighted by molar-refractivity contribution is 5.46. The van der Waals surface area contributed by atoms with Gasteiger partial charge in [-0.3, -0.25) is 4.68 Å². The molecule has 7 nitrogen and oxygen atoms in total. The second-order valence-corrected chi connectivity index (χ2v) is 8.25. The van der Waals surface area contributed by atoms with Gasteiger partial charge < -0.3 is 23.8 Å². The van der Waals surface area contributed by atoms with Crippen LogP contribution in [0.5, 0.6) is 17.2 Å². The summed E-state index contributed by atoms with van der Waals surface area (Å²) in [6.45, 7) is 5.01. The first-order valence-electron chi connectivity index (χ1n) is 11.1. The van der Waals surface area contributed by atoms with E-state index in [0.29, 0.717) is 13.2 Å². The van der Waals surface area contributed by atoms with Crippen molar-refractivity contribution in [2.24, 2.45) is 7.05 Å². The molecular weight excluding hydrogens is 425 g/mol. The van der Waals surface area contributed by atoms with Gasteiger partial charge >= 0.3 is 0 Å². The lowest BCUT2D eigenvalue weighted by Gasteiger charge is -2.31. The van der Waals surface area contributed by atoms with E-state index >= 15 is 0 Å². The molecule has 1 aromatic heterocycles. The summed E-state index contributed by atoms with van der Waals surface area (Å²) in [4.78, 5) is 2.20. The van der Waals surface area contributed by atoms with Gasteiger partial charge in [-0.15, -0.1) is 0 Å². The van der Waals surface area contributed by atoms with E-state index in [2.05, 4.69) is 17.0 Å². The highest BCUT2D eigenvalue weighted by Gasteiger charge is 2.32. The lowest BCUT2D eigenvalue weighted by molar-refractivity contribution is -0.0134. The van der Waals surface area contributed by atoms with Crippen LogP contribution in [-0.2, 0) is 17.4 Å². The molecule has 1 unspecified atom stereocenters. The van der Waals surface area contributed by atoms with Crippen LogP contribution in [0.15, 0.2) is 54.7 Å². The summed E-state index contributed by atoms with van der Waals surface area (Å²) in [5.74, 6) is 1.96. The maximum Gasteiger partial charge on any atom is 0.231 e. The van der Waals surface area contributed by atoms with Gasteiger partial charge in [-0.1, -0.05) is 12.1 Å². The minimum atomic E-state index is -0.722. The number of likely N-dealkylation sites (N-methyl/N-ethyl adjacent to an activating group) is 1. The third kappa shape index (κ3) is 5.46. The van der Waals surface area contributed by atoms with Gasteiger partial charge in [0, 0.05) is 39.0 Å². The largest absolute Gasteiger partial charge is 0.492 e. The van der Waals surface area contributed by atoms with Gasteiger partial charge in [0.1, 0.15) is 23.8 Å². The van der Waals surface area contributed by atoms with E-state index in [1.807, 2.05) is 38.2 Å². The number of benzene rings is 2. The quantitative estimate of drug-likeness (QED) is 0.408. The van der Waals surface area contributed by atoms with Crippen molar-refractivity contribution in [1.82, 2.24) is 14.7 Å². The topological polar surface area (TPSA) is 58.0 Å². The van der Waals surface area contributed by atoms with E-state index < -0.39 is 5.60 Å². The van der Waals surface area contributed by atoms with E-state index in [0.717, 1.165) is 48.0 Å². The van der Waals surface area contributed by atoms with Crippen molar-refractivity contribution >= 4 is 0 Å². The van der Waals surface area contributed by atoms with Crippen LogP contribution in [0.3, 0.4) is 0 Å². The van der Waals surface area contributed by atoms with Crippen LogP contribution in [0.1, 0.15) is 24.6 Å². The molecule has 0 saturated carbocycles. The van der Waals surface area contributed by atoms with Crippen LogP contribution in [0.25, 0.3) is 0 Å². The molecule has 1 aliphatic heterocycles.